The number of aromatic nitrogens is 2. The summed E-state index contributed by atoms with van der Waals surface area (Å²) in [7, 11) is -1.28. The first-order chi connectivity index (χ1) is 9.56. The van der Waals surface area contributed by atoms with E-state index >= 15 is 0 Å². The van der Waals surface area contributed by atoms with Gasteiger partial charge in [0.15, 0.2) is 5.82 Å². The van der Waals surface area contributed by atoms with Gasteiger partial charge in [-0.15, -0.1) is 11.3 Å². The Hall–Kier alpha value is -1.54. The summed E-state index contributed by atoms with van der Waals surface area (Å²) in [6.07, 6.45) is 0.864. The Bertz CT molecular complexity index is 621. The Morgan fingerprint density at radius 3 is 2.95 bits per heavy atom. The third-order valence-electron chi connectivity index (χ3n) is 2.40. The van der Waals surface area contributed by atoms with Crippen molar-refractivity contribution >= 4 is 33.9 Å². The van der Waals surface area contributed by atoms with Crippen LogP contribution in [0.25, 0.3) is 0 Å². The molecule has 0 aromatic carbocycles. The van der Waals surface area contributed by atoms with E-state index in [1.807, 2.05) is 12.3 Å². The lowest BCUT2D eigenvalue weighted by Crippen LogP contribution is -2.20. The van der Waals surface area contributed by atoms with Crippen LogP contribution in [0, 0.1) is 6.92 Å². The van der Waals surface area contributed by atoms with Gasteiger partial charge >= 0.3 is 0 Å². The lowest BCUT2D eigenvalue weighted by molar-refractivity contribution is -0.113. The third-order valence-corrected chi connectivity index (χ3v) is 4.64. The van der Waals surface area contributed by atoms with Gasteiger partial charge < -0.3 is 9.84 Å². The van der Waals surface area contributed by atoms with E-state index in [1.165, 1.54) is 0 Å². The van der Waals surface area contributed by atoms with Crippen molar-refractivity contribution in [3.63, 3.8) is 0 Å². The number of carbonyl (C=O) groups is 1. The number of nitrogens with one attached hydrogen (secondary N) is 1. The molecule has 1 atom stereocenters. The van der Waals surface area contributed by atoms with Gasteiger partial charge in [0.05, 0.1) is 16.5 Å². The highest BCUT2D eigenvalue weighted by molar-refractivity contribution is 7.84. The van der Waals surface area contributed by atoms with Crippen LogP contribution < -0.4 is 5.32 Å². The monoisotopic (exact) mass is 313 g/mol. The second-order valence-corrected chi connectivity index (χ2v) is 6.59. The number of aryl methyl sites for hydroxylation is 2. The molecule has 6 nitrogen and oxygen atoms in total. The average molecular weight is 313 g/mol. The molecule has 1 amide bonds. The number of nitrogens with zero attached hydrogens (tertiary/aromatic N) is 2. The summed E-state index contributed by atoms with van der Waals surface area (Å²) in [5, 5.41) is 9.08. The van der Waals surface area contributed by atoms with Crippen molar-refractivity contribution in [1.29, 1.82) is 0 Å². The minimum absolute atomic E-state index is 0.0785. The van der Waals surface area contributed by atoms with Gasteiger partial charge in [0, 0.05) is 22.2 Å². The second-order valence-electron chi connectivity index (χ2n) is 4.19. The quantitative estimate of drug-likeness (QED) is 0.880. The number of amides is 1. The zero-order valence-corrected chi connectivity index (χ0v) is 12.8. The number of carbonyl (C=O) groups excluding carboxylic acids is 1. The van der Waals surface area contributed by atoms with E-state index in [0.717, 1.165) is 17.1 Å². The highest BCUT2D eigenvalue weighted by Gasteiger charge is 2.12. The maximum atomic E-state index is 11.9. The molecule has 0 bridgehead atoms. The maximum absolute atomic E-state index is 11.9. The van der Waals surface area contributed by atoms with E-state index in [4.69, 9.17) is 4.52 Å². The van der Waals surface area contributed by atoms with Crippen molar-refractivity contribution < 1.29 is 13.5 Å². The molecule has 2 aromatic rings. The van der Waals surface area contributed by atoms with Crippen molar-refractivity contribution in [2.24, 2.45) is 0 Å². The summed E-state index contributed by atoms with van der Waals surface area (Å²) < 4.78 is 16.7. The van der Waals surface area contributed by atoms with Gasteiger partial charge in [0.1, 0.15) is 11.5 Å². The van der Waals surface area contributed by atoms with Crippen LogP contribution in [-0.2, 0) is 27.8 Å². The molecule has 0 spiro atoms. The largest absolute Gasteiger partial charge is 0.360 e. The van der Waals surface area contributed by atoms with E-state index in [0.29, 0.717) is 17.3 Å². The van der Waals surface area contributed by atoms with Crippen LogP contribution in [0.15, 0.2) is 16.0 Å². The van der Waals surface area contributed by atoms with Crippen molar-refractivity contribution in [3.8, 4) is 0 Å². The molecule has 0 aliphatic heterocycles. The fourth-order valence-electron chi connectivity index (χ4n) is 1.54. The molecule has 2 rings (SSSR count). The molecule has 0 aliphatic rings. The summed E-state index contributed by atoms with van der Waals surface area (Å²) in [5.41, 5.74) is 0.773. The van der Waals surface area contributed by atoms with Crippen LogP contribution in [0.5, 0.6) is 0 Å². The van der Waals surface area contributed by atoms with Crippen molar-refractivity contribution in [2.75, 3.05) is 11.1 Å². The molecule has 0 saturated heterocycles. The van der Waals surface area contributed by atoms with Gasteiger partial charge in [-0.1, -0.05) is 12.1 Å². The van der Waals surface area contributed by atoms with Gasteiger partial charge in [-0.05, 0) is 13.3 Å². The van der Waals surface area contributed by atoms with E-state index in [-0.39, 0.29) is 11.7 Å². The highest BCUT2D eigenvalue weighted by atomic mass is 32.2. The SMILES string of the molecule is CCc1nc(C[S@@](=O)CC(=O)Nc2cc(C)on2)cs1. The first-order valence-corrected chi connectivity index (χ1v) is 8.45. The highest BCUT2D eigenvalue weighted by Crippen LogP contribution is 2.12. The molecule has 1 N–H and O–H groups in total. The molecular formula is C12H15N3O3S2. The minimum atomic E-state index is -1.28. The first-order valence-electron chi connectivity index (χ1n) is 6.08. The van der Waals surface area contributed by atoms with E-state index in [9.17, 15) is 9.00 Å². The van der Waals surface area contributed by atoms with Crippen molar-refractivity contribution in [3.05, 3.63) is 27.9 Å². The predicted molar refractivity (Wildman–Crippen MR) is 78.1 cm³/mol. The summed E-state index contributed by atoms with van der Waals surface area (Å²) in [5.74, 6) is 0.817. The molecule has 20 heavy (non-hydrogen) atoms. The molecule has 0 unspecified atom stereocenters. The molecule has 8 heteroatoms. The van der Waals surface area contributed by atoms with Gasteiger partial charge in [-0.25, -0.2) is 4.98 Å². The zero-order chi connectivity index (χ0) is 14.5. The lowest BCUT2D eigenvalue weighted by Gasteiger charge is -2.00. The van der Waals surface area contributed by atoms with Crippen molar-refractivity contribution in [1.82, 2.24) is 10.1 Å². The Balaban J connectivity index is 1.83. The molecule has 0 saturated carbocycles. The number of anilines is 1. The van der Waals surface area contributed by atoms with Crippen LogP contribution in [0.2, 0.25) is 0 Å². The number of hydrogen-bond donors (Lipinski definition) is 1. The summed E-state index contributed by atoms with van der Waals surface area (Å²) in [6.45, 7) is 3.75. The topological polar surface area (TPSA) is 85.1 Å². The Labute approximate surface area is 123 Å². The fourth-order valence-corrected chi connectivity index (χ4v) is 3.34. The zero-order valence-electron chi connectivity index (χ0n) is 11.2. The molecule has 0 fully saturated rings. The minimum Gasteiger partial charge on any atom is -0.360 e. The molecule has 2 heterocycles. The molecule has 0 aliphatic carbocycles. The Morgan fingerprint density at radius 2 is 2.35 bits per heavy atom. The predicted octanol–water partition coefficient (Wildman–Crippen LogP) is 1.89. The molecule has 0 radical (unpaired) electrons. The molecule has 108 valence electrons. The van der Waals surface area contributed by atoms with Gasteiger partial charge in [0.2, 0.25) is 5.91 Å². The molecular weight excluding hydrogens is 298 g/mol. The average Bonchev–Trinajstić information content (AvgIpc) is 2.98. The lowest BCUT2D eigenvalue weighted by atomic mass is 10.5. The summed E-state index contributed by atoms with van der Waals surface area (Å²) >= 11 is 1.55. The first kappa shape index (κ1) is 14.9. The van der Waals surface area contributed by atoms with Crippen LogP contribution in [0.3, 0.4) is 0 Å². The number of thiazole rings is 1. The van der Waals surface area contributed by atoms with E-state index in [1.54, 1.807) is 24.3 Å². The number of hydrogen-bond acceptors (Lipinski definition) is 6. The van der Waals surface area contributed by atoms with Gasteiger partial charge in [-0.3, -0.25) is 9.00 Å². The Morgan fingerprint density at radius 1 is 1.55 bits per heavy atom. The number of rotatable bonds is 6. The van der Waals surface area contributed by atoms with E-state index < -0.39 is 10.8 Å². The van der Waals surface area contributed by atoms with E-state index in [2.05, 4.69) is 15.5 Å². The standard InChI is InChI=1S/C12H15N3O3S2/c1-3-12-13-9(5-19-12)6-20(17)7-11(16)14-10-4-8(2)18-15-10/h4-5H,3,6-7H2,1-2H3,(H,14,15,16)/t20-/m1/s1. The second kappa shape index (κ2) is 6.76. The maximum Gasteiger partial charge on any atom is 0.238 e. The third kappa shape index (κ3) is 4.24. The normalized spacial score (nSPS) is 12.3. The van der Waals surface area contributed by atoms with Crippen LogP contribution in [-0.4, -0.2) is 26.0 Å². The summed E-state index contributed by atoms with van der Waals surface area (Å²) in [4.78, 5) is 16.0. The summed E-state index contributed by atoms with van der Waals surface area (Å²) in [6, 6.07) is 1.61. The van der Waals surface area contributed by atoms with Crippen LogP contribution in [0.1, 0.15) is 23.4 Å². The fraction of sp³-hybridized carbons (Fsp3) is 0.417. The molecule has 2 aromatic heterocycles. The van der Waals surface area contributed by atoms with Gasteiger partial charge in [-0.2, -0.15) is 0 Å². The smallest absolute Gasteiger partial charge is 0.238 e. The van der Waals surface area contributed by atoms with Gasteiger partial charge in [0.25, 0.3) is 0 Å². The van der Waals surface area contributed by atoms with Crippen molar-refractivity contribution in [2.45, 2.75) is 26.0 Å². The Kier molecular flexibility index (Phi) is 5.02. The van der Waals surface area contributed by atoms with Crippen LogP contribution >= 0.6 is 11.3 Å². The van der Waals surface area contributed by atoms with Crippen LogP contribution in [0.4, 0.5) is 5.82 Å².